The molecule has 0 N–H and O–H groups in total. The van der Waals surface area contributed by atoms with Crippen LogP contribution in [-0.4, -0.2) is 18.2 Å². The molecule has 0 spiro atoms. The standard InChI is InChI=1S/C12H10N2O2/c1-8-2-3-9(6-13)4-11(8)14-7-10(15)5-12(14)16/h2-4H,5,7H2,1H3. The molecule has 0 aliphatic carbocycles. The van der Waals surface area contributed by atoms with Crippen molar-refractivity contribution in [3.63, 3.8) is 0 Å². The first kappa shape index (κ1) is 10.4. The number of amides is 1. The largest absolute Gasteiger partial charge is 0.304 e. The van der Waals surface area contributed by atoms with Crippen LogP contribution < -0.4 is 4.90 Å². The van der Waals surface area contributed by atoms with Crippen LogP contribution >= 0.6 is 0 Å². The predicted octanol–water partition coefficient (Wildman–Crippen LogP) is 1.17. The molecule has 0 atom stereocenters. The Hall–Kier alpha value is -2.15. The molecule has 1 fully saturated rings. The first-order valence-corrected chi connectivity index (χ1v) is 4.94. The van der Waals surface area contributed by atoms with Crippen LogP contribution in [0.2, 0.25) is 0 Å². The Morgan fingerprint density at radius 3 is 2.69 bits per heavy atom. The molecule has 0 unspecified atom stereocenters. The van der Waals surface area contributed by atoms with Crippen LogP contribution in [0.3, 0.4) is 0 Å². The van der Waals surface area contributed by atoms with Gasteiger partial charge in [-0.2, -0.15) is 5.26 Å². The number of carbonyl (C=O) groups is 2. The highest BCUT2D eigenvalue weighted by Crippen LogP contribution is 2.24. The van der Waals surface area contributed by atoms with Crippen LogP contribution in [0.25, 0.3) is 0 Å². The Morgan fingerprint density at radius 2 is 2.12 bits per heavy atom. The minimum atomic E-state index is -0.191. The maximum absolute atomic E-state index is 11.6. The number of Topliss-reactive ketones (excluding diaryl/α,β-unsaturated/α-hetero) is 1. The molecule has 1 aliphatic rings. The molecular formula is C12H10N2O2. The van der Waals surface area contributed by atoms with Crippen molar-refractivity contribution in [2.24, 2.45) is 0 Å². The Labute approximate surface area is 93.1 Å². The number of rotatable bonds is 1. The summed E-state index contributed by atoms with van der Waals surface area (Å²) in [6.45, 7) is 1.97. The van der Waals surface area contributed by atoms with Crippen LogP contribution in [-0.2, 0) is 9.59 Å². The Morgan fingerprint density at radius 1 is 1.38 bits per heavy atom. The van der Waals surface area contributed by atoms with E-state index in [0.29, 0.717) is 11.3 Å². The van der Waals surface area contributed by atoms with Crippen LogP contribution in [0.4, 0.5) is 5.69 Å². The fraction of sp³-hybridized carbons (Fsp3) is 0.250. The molecular weight excluding hydrogens is 204 g/mol. The summed E-state index contributed by atoms with van der Waals surface area (Å²) in [7, 11) is 0. The van der Waals surface area contributed by atoms with E-state index in [1.807, 2.05) is 13.0 Å². The molecule has 4 nitrogen and oxygen atoms in total. The molecule has 0 radical (unpaired) electrons. The summed E-state index contributed by atoms with van der Waals surface area (Å²) in [5.41, 5.74) is 2.05. The van der Waals surface area contributed by atoms with E-state index in [1.54, 1.807) is 18.2 Å². The van der Waals surface area contributed by atoms with E-state index in [1.165, 1.54) is 4.90 Å². The molecule has 0 bridgehead atoms. The molecule has 1 aromatic rings. The third kappa shape index (κ3) is 1.68. The highest BCUT2D eigenvalue weighted by molar-refractivity contribution is 6.15. The van der Waals surface area contributed by atoms with Crippen molar-refractivity contribution < 1.29 is 9.59 Å². The van der Waals surface area contributed by atoms with Crippen molar-refractivity contribution in [1.29, 1.82) is 5.26 Å². The molecule has 1 amide bonds. The Bertz CT molecular complexity index is 514. The second kappa shape index (κ2) is 3.78. The van der Waals surface area contributed by atoms with Crippen molar-refractivity contribution in [3.05, 3.63) is 29.3 Å². The lowest BCUT2D eigenvalue weighted by molar-refractivity contribution is -0.121. The monoisotopic (exact) mass is 214 g/mol. The number of anilines is 1. The highest BCUT2D eigenvalue weighted by Gasteiger charge is 2.29. The fourth-order valence-electron chi connectivity index (χ4n) is 1.77. The quantitative estimate of drug-likeness (QED) is 0.659. The zero-order valence-electron chi connectivity index (χ0n) is 8.86. The minimum Gasteiger partial charge on any atom is -0.304 e. The number of hydrogen-bond donors (Lipinski definition) is 0. The van der Waals surface area contributed by atoms with Crippen molar-refractivity contribution in [2.75, 3.05) is 11.4 Å². The number of nitrogens with zero attached hydrogens (tertiary/aromatic N) is 2. The molecule has 1 heterocycles. The van der Waals surface area contributed by atoms with Gasteiger partial charge in [0.05, 0.1) is 24.6 Å². The number of benzene rings is 1. The topological polar surface area (TPSA) is 61.2 Å². The summed E-state index contributed by atoms with van der Waals surface area (Å²) in [6, 6.07) is 7.14. The first-order chi connectivity index (χ1) is 7.61. The molecule has 2 rings (SSSR count). The fourth-order valence-corrected chi connectivity index (χ4v) is 1.77. The number of carbonyl (C=O) groups excluding carboxylic acids is 2. The molecule has 1 saturated heterocycles. The van der Waals surface area contributed by atoms with Crippen molar-refractivity contribution in [2.45, 2.75) is 13.3 Å². The summed E-state index contributed by atoms with van der Waals surface area (Å²) in [6.07, 6.45) is -0.0315. The lowest BCUT2D eigenvalue weighted by Crippen LogP contribution is -2.25. The number of nitriles is 1. The Kier molecular flexibility index (Phi) is 2.45. The van der Waals surface area contributed by atoms with Gasteiger partial charge in [0.2, 0.25) is 5.91 Å². The smallest absolute Gasteiger partial charge is 0.234 e. The lowest BCUT2D eigenvalue weighted by Gasteiger charge is -2.17. The average Bonchev–Trinajstić information content (AvgIpc) is 2.58. The number of ketones is 1. The third-order valence-corrected chi connectivity index (χ3v) is 2.61. The zero-order chi connectivity index (χ0) is 11.7. The molecule has 0 saturated carbocycles. The second-order valence-corrected chi connectivity index (χ2v) is 3.81. The minimum absolute atomic E-state index is 0.0315. The average molecular weight is 214 g/mol. The summed E-state index contributed by atoms with van der Waals surface area (Å²) in [5.74, 6) is -0.269. The van der Waals surface area contributed by atoms with Crippen molar-refractivity contribution in [3.8, 4) is 6.07 Å². The lowest BCUT2D eigenvalue weighted by atomic mass is 10.1. The van der Waals surface area contributed by atoms with Crippen LogP contribution in [0.1, 0.15) is 17.5 Å². The third-order valence-electron chi connectivity index (χ3n) is 2.61. The summed E-state index contributed by atoms with van der Waals surface area (Å²) >= 11 is 0. The molecule has 1 aromatic carbocycles. The van der Waals surface area contributed by atoms with Crippen LogP contribution in [0, 0.1) is 18.3 Å². The zero-order valence-corrected chi connectivity index (χ0v) is 8.86. The van der Waals surface area contributed by atoms with Gasteiger partial charge in [-0.25, -0.2) is 0 Å². The van der Waals surface area contributed by atoms with Gasteiger partial charge in [-0.05, 0) is 24.6 Å². The van der Waals surface area contributed by atoms with E-state index in [2.05, 4.69) is 0 Å². The van der Waals surface area contributed by atoms with Gasteiger partial charge < -0.3 is 4.90 Å². The van der Waals surface area contributed by atoms with Gasteiger partial charge in [0.15, 0.2) is 5.78 Å². The van der Waals surface area contributed by atoms with Crippen LogP contribution in [0.5, 0.6) is 0 Å². The second-order valence-electron chi connectivity index (χ2n) is 3.81. The molecule has 0 aromatic heterocycles. The number of aryl methyl sites for hydroxylation is 1. The van der Waals surface area contributed by atoms with E-state index < -0.39 is 0 Å². The van der Waals surface area contributed by atoms with Gasteiger partial charge in [0.1, 0.15) is 0 Å². The molecule has 1 aliphatic heterocycles. The number of hydrogen-bond acceptors (Lipinski definition) is 3. The molecule has 80 valence electrons. The van der Waals surface area contributed by atoms with E-state index in [4.69, 9.17) is 5.26 Å². The van der Waals surface area contributed by atoms with Crippen molar-refractivity contribution in [1.82, 2.24) is 0 Å². The van der Waals surface area contributed by atoms with E-state index in [9.17, 15) is 9.59 Å². The maximum Gasteiger partial charge on any atom is 0.234 e. The SMILES string of the molecule is Cc1ccc(C#N)cc1N1CC(=O)CC1=O. The van der Waals surface area contributed by atoms with Gasteiger partial charge in [0, 0.05) is 5.69 Å². The van der Waals surface area contributed by atoms with Gasteiger partial charge in [-0.15, -0.1) is 0 Å². The van der Waals surface area contributed by atoms with E-state index >= 15 is 0 Å². The first-order valence-electron chi connectivity index (χ1n) is 4.94. The highest BCUT2D eigenvalue weighted by atomic mass is 16.2. The van der Waals surface area contributed by atoms with Crippen molar-refractivity contribution >= 4 is 17.4 Å². The molecule has 16 heavy (non-hydrogen) atoms. The maximum atomic E-state index is 11.6. The van der Waals surface area contributed by atoms with Gasteiger partial charge in [-0.3, -0.25) is 9.59 Å². The summed E-state index contributed by atoms with van der Waals surface area (Å²) in [5, 5.41) is 8.79. The summed E-state index contributed by atoms with van der Waals surface area (Å²) < 4.78 is 0. The van der Waals surface area contributed by atoms with Gasteiger partial charge >= 0.3 is 0 Å². The normalized spacial score (nSPS) is 15.4. The van der Waals surface area contributed by atoms with E-state index in [0.717, 1.165) is 5.56 Å². The van der Waals surface area contributed by atoms with E-state index in [-0.39, 0.29) is 24.7 Å². The van der Waals surface area contributed by atoms with Gasteiger partial charge in [-0.1, -0.05) is 6.07 Å². The summed E-state index contributed by atoms with van der Waals surface area (Å²) in [4.78, 5) is 24.2. The Balaban J connectivity index is 2.44. The van der Waals surface area contributed by atoms with Gasteiger partial charge in [0.25, 0.3) is 0 Å². The predicted molar refractivity (Wildman–Crippen MR) is 57.9 cm³/mol. The van der Waals surface area contributed by atoms with Crippen LogP contribution in [0.15, 0.2) is 18.2 Å². The molecule has 4 heteroatoms.